The molecule has 1 fully saturated rings. The lowest BCUT2D eigenvalue weighted by atomic mass is 10.1. The van der Waals surface area contributed by atoms with Crippen LogP contribution in [0.1, 0.15) is 52.7 Å². The van der Waals surface area contributed by atoms with Gasteiger partial charge in [-0.05, 0) is 61.1 Å². The van der Waals surface area contributed by atoms with E-state index in [-0.39, 0.29) is 30.2 Å². The monoisotopic (exact) mass is 465 g/mol. The Bertz CT molecular complexity index is 1130. The summed E-state index contributed by atoms with van der Waals surface area (Å²) in [6, 6.07) is 10.8. The number of fused-ring (bicyclic) bond motifs is 1. The Balaban J connectivity index is 1.34. The van der Waals surface area contributed by atoms with E-state index in [2.05, 4.69) is 17.2 Å². The average molecular weight is 466 g/mol. The fourth-order valence-corrected chi connectivity index (χ4v) is 4.58. The van der Waals surface area contributed by atoms with Crippen LogP contribution in [0.15, 0.2) is 48.6 Å². The quantitative estimate of drug-likeness (QED) is 0.489. The highest BCUT2D eigenvalue weighted by Crippen LogP contribution is 2.30. The third-order valence-corrected chi connectivity index (χ3v) is 6.70. The number of rotatable bonds is 6. The molecule has 1 aliphatic carbocycles. The molecule has 7 heteroatoms. The lowest BCUT2D eigenvalue weighted by Gasteiger charge is -2.25. The molecule has 4 rings (SSSR count). The highest BCUT2D eigenvalue weighted by Gasteiger charge is 2.36. The van der Waals surface area contributed by atoms with Gasteiger partial charge in [-0.25, -0.2) is 0 Å². The minimum absolute atomic E-state index is 0.0773. The van der Waals surface area contributed by atoms with E-state index in [1.165, 1.54) is 0 Å². The van der Waals surface area contributed by atoms with E-state index in [1.54, 1.807) is 17.0 Å². The third kappa shape index (κ3) is 5.28. The molecule has 2 N–H and O–H groups in total. The molecule has 172 valence electrons. The van der Waals surface area contributed by atoms with Gasteiger partial charge in [0.1, 0.15) is 0 Å². The maximum atomic E-state index is 12.9. The Morgan fingerprint density at radius 3 is 2.82 bits per heavy atom. The molecule has 0 radical (unpaired) electrons. The Labute approximate surface area is 199 Å². The first kappa shape index (κ1) is 23.1. The second kappa shape index (κ2) is 9.79. The van der Waals surface area contributed by atoms with Crippen molar-refractivity contribution < 1.29 is 14.4 Å². The van der Waals surface area contributed by atoms with Crippen molar-refractivity contribution in [2.75, 3.05) is 11.9 Å². The van der Waals surface area contributed by atoms with Crippen LogP contribution in [-0.4, -0.2) is 35.1 Å². The Kier molecular flexibility index (Phi) is 6.84. The number of amides is 2. The standard InChI is InChI=1S/C26H28ClN3O3/c1-16-4-3-5-23(24(31)10-16)30-15-19-11-18(7-9-21(19)26(30)33)13-29-25(32)14-28-20-8-6-17(2)22(27)12-20/h6-9,11-12,23,28H,1,3-5,10,13-15H2,2H3,(H,29,32)/t23-/m0/s1. The summed E-state index contributed by atoms with van der Waals surface area (Å²) in [6.07, 6.45) is 2.74. The fraction of sp³-hybridized carbons (Fsp3) is 0.346. The number of ketones is 1. The summed E-state index contributed by atoms with van der Waals surface area (Å²) >= 11 is 6.12. The first-order valence-corrected chi connectivity index (χ1v) is 11.6. The molecule has 2 aromatic carbocycles. The SMILES string of the molecule is C=C1CCC[C@H](N2Cc3cc(CNC(=O)CNc4ccc(C)c(Cl)c4)ccc3C2=O)C(=O)C1. The van der Waals surface area contributed by atoms with Gasteiger partial charge >= 0.3 is 0 Å². The van der Waals surface area contributed by atoms with Gasteiger partial charge in [0, 0.05) is 35.8 Å². The normalized spacial score (nSPS) is 18.2. The molecule has 2 aromatic rings. The van der Waals surface area contributed by atoms with Crippen LogP contribution in [0.5, 0.6) is 0 Å². The summed E-state index contributed by atoms with van der Waals surface area (Å²) in [5.41, 5.74) is 5.16. The minimum atomic E-state index is -0.381. The number of Topliss-reactive ketones (excluding diaryl/α,β-unsaturated/α-hetero) is 1. The summed E-state index contributed by atoms with van der Waals surface area (Å²) in [5, 5.41) is 6.61. The van der Waals surface area contributed by atoms with E-state index in [0.717, 1.165) is 40.8 Å². The molecule has 0 bridgehead atoms. The number of anilines is 1. The largest absolute Gasteiger partial charge is 0.376 e. The van der Waals surface area contributed by atoms with Crippen LogP contribution in [0.3, 0.4) is 0 Å². The van der Waals surface area contributed by atoms with Gasteiger partial charge < -0.3 is 15.5 Å². The average Bonchev–Trinajstić information content (AvgIpc) is 3.00. The Morgan fingerprint density at radius 1 is 1.21 bits per heavy atom. The van der Waals surface area contributed by atoms with Crippen LogP contribution in [0.2, 0.25) is 5.02 Å². The van der Waals surface area contributed by atoms with Gasteiger partial charge in [-0.2, -0.15) is 0 Å². The van der Waals surface area contributed by atoms with Crippen LogP contribution in [0.4, 0.5) is 5.69 Å². The number of halogens is 1. The van der Waals surface area contributed by atoms with Gasteiger partial charge in [-0.3, -0.25) is 14.4 Å². The minimum Gasteiger partial charge on any atom is -0.376 e. The van der Waals surface area contributed by atoms with Crippen molar-refractivity contribution in [1.29, 1.82) is 0 Å². The molecule has 1 saturated carbocycles. The Morgan fingerprint density at radius 2 is 2.03 bits per heavy atom. The van der Waals surface area contributed by atoms with Gasteiger partial charge in [0.25, 0.3) is 5.91 Å². The maximum Gasteiger partial charge on any atom is 0.255 e. The number of allylic oxidation sites excluding steroid dienone is 1. The van der Waals surface area contributed by atoms with Crippen LogP contribution >= 0.6 is 11.6 Å². The molecule has 2 aliphatic rings. The molecule has 0 spiro atoms. The molecule has 1 aliphatic heterocycles. The number of aryl methyl sites for hydroxylation is 1. The molecule has 0 saturated heterocycles. The number of hydrogen-bond donors (Lipinski definition) is 2. The van der Waals surface area contributed by atoms with Crippen molar-refractivity contribution in [3.63, 3.8) is 0 Å². The smallest absolute Gasteiger partial charge is 0.255 e. The number of carbonyl (C=O) groups is 3. The zero-order valence-electron chi connectivity index (χ0n) is 18.7. The van der Waals surface area contributed by atoms with E-state index in [0.29, 0.717) is 36.5 Å². The van der Waals surface area contributed by atoms with Crippen molar-refractivity contribution in [2.24, 2.45) is 0 Å². The van der Waals surface area contributed by atoms with Crippen LogP contribution < -0.4 is 10.6 Å². The number of nitrogens with one attached hydrogen (secondary N) is 2. The van der Waals surface area contributed by atoms with Crippen molar-refractivity contribution in [1.82, 2.24) is 10.2 Å². The summed E-state index contributed by atoms with van der Waals surface area (Å²) in [5.74, 6) is -0.157. The lowest BCUT2D eigenvalue weighted by molar-refractivity contribution is -0.123. The fourth-order valence-electron chi connectivity index (χ4n) is 4.40. The van der Waals surface area contributed by atoms with Crippen LogP contribution in [-0.2, 0) is 22.7 Å². The van der Waals surface area contributed by atoms with E-state index in [4.69, 9.17) is 11.6 Å². The summed E-state index contributed by atoms with van der Waals surface area (Å²) in [7, 11) is 0. The van der Waals surface area contributed by atoms with Gasteiger partial charge in [0.05, 0.1) is 12.6 Å². The van der Waals surface area contributed by atoms with Crippen molar-refractivity contribution >= 4 is 34.9 Å². The number of hydrogen-bond acceptors (Lipinski definition) is 4. The summed E-state index contributed by atoms with van der Waals surface area (Å²) < 4.78 is 0. The predicted octanol–water partition coefficient (Wildman–Crippen LogP) is 4.40. The first-order chi connectivity index (χ1) is 15.8. The van der Waals surface area contributed by atoms with Gasteiger partial charge in [0.15, 0.2) is 5.78 Å². The third-order valence-electron chi connectivity index (χ3n) is 6.30. The molecule has 1 atom stereocenters. The van der Waals surface area contributed by atoms with Crippen LogP contribution in [0, 0.1) is 6.92 Å². The van der Waals surface area contributed by atoms with Crippen molar-refractivity contribution in [3.8, 4) is 0 Å². The van der Waals surface area contributed by atoms with Gasteiger partial charge in [-0.15, -0.1) is 0 Å². The second-order valence-corrected chi connectivity index (χ2v) is 9.23. The summed E-state index contributed by atoms with van der Waals surface area (Å²) in [6.45, 7) is 6.80. The maximum absolute atomic E-state index is 12.9. The van der Waals surface area contributed by atoms with Crippen molar-refractivity contribution in [3.05, 3.63) is 75.8 Å². The molecular weight excluding hydrogens is 438 g/mol. The van der Waals surface area contributed by atoms with E-state index in [9.17, 15) is 14.4 Å². The molecule has 6 nitrogen and oxygen atoms in total. The van der Waals surface area contributed by atoms with Crippen LogP contribution in [0.25, 0.3) is 0 Å². The molecular formula is C26H28ClN3O3. The van der Waals surface area contributed by atoms with Gasteiger partial charge in [0.2, 0.25) is 5.91 Å². The number of carbonyl (C=O) groups excluding carboxylic acids is 3. The molecule has 2 amide bonds. The highest BCUT2D eigenvalue weighted by atomic mass is 35.5. The van der Waals surface area contributed by atoms with Crippen molar-refractivity contribution in [2.45, 2.75) is 51.7 Å². The van der Waals surface area contributed by atoms with Gasteiger partial charge in [-0.1, -0.05) is 42.0 Å². The lowest BCUT2D eigenvalue weighted by Crippen LogP contribution is -2.40. The zero-order chi connectivity index (χ0) is 23.5. The molecule has 33 heavy (non-hydrogen) atoms. The molecule has 0 aromatic heterocycles. The topological polar surface area (TPSA) is 78.5 Å². The summed E-state index contributed by atoms with van der Waals surface area (Å²) in [4.78, 5) is 39.5. The van der Waals surface area contributed by atoms with E-state index >= 15 is 0 Å². The Hall–Kier alpha value is -3.12. The first-order valence-electron chi connectivity index (χ1n) is 11.2. The second-order valence-electron chi connectivity index (χ2n) is 8.82. The number of benzene rings is 2. The zero-order valence-corrected chi connectivity index (χ0v) is 19.5. The number of nitrogens with zero attached hydrogens (tertiary/aromatic N) is 1. The highest BCUT2D eigenvalue weighted by molar-refractivity contribution is 6.31. The van der Waals surface area contributed by atoms with E-state index in [1.807, 2.05) is 31.2 Å². The van der Waals surface area contributed by atoms with E-state index < -0.39 is 0 Å². The molecule has 0 unspecified atom stereocenters. The molecule has 1 heterocycles. The predicted molar refractivity (Wildman–Crippen MR) is 129 cm³/mol.